The molecule has 226 valence electrons. The second-order valence-electron chi connectivity index (χ2n) is 10.5. The molecule has 1 N–H and O–H groups in total. The van der Waals surface area contributed by atoms with E-state index in [-0.39, 0.29) is 42.8 Å². The van der Waals surface area contributed by atoms with Gasteiger partial charge in [-0.05, 0) is 30.3 Å². The summed E-state index contributed by atoms with van der Waals surface area (Å²) in [6.07, 6.45) is 9.54. The SMILES string of the molecule is C#Cc1ccc2[nH]c(S(=O)(=O)N3CCN(C(=O)c4ncc(-c5cccc[n+]5[O-])cn4)C(CC(=O)N4CCOCC4)C3)cc2c1. The van der Waals surface area contributed by atoms with E-state index in [2.05, 4.69) is 20.9 Å². The van der Waals surface area contributed by atoms with Crippen LogP contribution in [0.1, 0.15) is 22.6 Å². The van der Waals surface area contributed by atoms with Crippen LogP contribution in [-0.4, -0.2) is 101 Å². The zero-order valence-electron chi connectivity index (χ0n) is 23.6. The fourth-order valence-corrected chi connectivity index (χ4v) is 6.94. The van der Waals surface area contributed by atoms with Gasteiger partial charge in [0.2, 0.25) is 17.4 Å². The third-order valence-corrected chi connectivity index (χ3v) is 9.61. The number of carbonyl (C=O) groups excluding carboxylic acids is 2. The molecular weight excluding hydrogens is 586 g/mol. The minimum absolute atomic E-state index is 0.000427. The summed E-state index contributed by atoms with van der Waals surface area (Å²) >= 11 is 0. The number of amides is 2. The first-order chi connectivity index (χ1) is 21.2. The van der Waals surface area contributed by atoms with Crippen LogP contribution < -0.4 is 4.73 Å². The summed E-state index contributed by atoms with van der Waals surface area (Å²) < 4.78 is 34.9. The number of fused-ring (bicyclic) bond motifs is 1. The topological polar surface area (TPSA) is 156 Å². The Morgan fingerprint density at radius 2 is 1.86 bits per heavy atom. The van der Waals surface area contributed by atoms with Crippen LogP contribution in [0, 0.1) is 17.6 Å². The van der Waals surface area contributed by atoms with Gasteiger partial charge in [0.05, 0.1) is 24.8 Å². The number of H-pyrrole nitrogens is 1. The molecule has 0 aliphatic carbocycles. The van der Waals surface area contributed by atoms with Crippen molar-refractivity contribution in [2.45, 2.75) is 17.5 Å². The molecule has 0 radical (unpaired) electrons. The normalized spacial score (nSPS) is 17.8. The first-order valence-electron chi connectivity index (χ1n) is 14.0. The lowest BCUT2D eigenvalue weighted by atomic mass is 10.1. The van der Waals surface area contributed by atoms with Gasteiger partial charge in [0.15, 0.2) is 6.20 Å². The van der Waals surface area contributed by atoms with Gasteiger partial charge in [-0.25, -0.2) is 18.4 Å². The van der Waals surface area contributed by atoms with E-state index in [1.165, 1.54) is 33.9 Å². The highest BCUT2D eigenvalue weighted by molar-refractivity contribution is 7.89. The summed E-state index contributed by atoms with van der Waals surface area (Å²) in [6.45, 7) is 1.57. The van der Waals surface area contributed by atoms with Crippen molar-refractivity contribution in [3.8, 4) is 23.6 Å². The van der Waals surface area contributed by atoms with Crippen molar-refractivity contribution in [3.05, 3.63) is 77.7 Å². The number of hydrogen-bond acceptors (Lipinski definition) is 8. The van der Waals surface area contributed by atoms with E-state index in [0.717, 1.165) is 0 Å². The quantitative estimate of drug-likeness (QED) is 0.191. The number of aromatic amines is 1. The Balaban J connectivity index is 1.26. The number of benzene rings is 1. The molecule has 2 fully saturated rings. The highest BCUT2D eigenvalue weighted by atomic mass is 32.2. The Labute approximate surface area is 253 Å². The Bertz CT molecular complexity index is 1860. The second-order valence-corrected chi connectivity index (χ2v) is 12.4. The lowest BCUT2D eigenvalue weighted by Gasteiger charge is -2.41. The molecule has 6 rings (SSSR count). The second kappa shape index (κ2) is 12.0. The third kappa shape index (κ3) is 5.72. The zero-order valence-corrected chi connectivity index (χ0v) is 24.4. The van der Waals surface area contributed by atoms with Crippen LogP contribution in [0.5, 0.6) is 0 Å². The number of nitrogens with zero attached hydrogens (tertiary/aromatic N) is 6. The van der Waals surface area contributed by atoms with E-state index in [9.17, 15) is 23.2 Å². The van der Waals surface area contributed by atoms with Gasteiger partial charge in [0, 0.05) is 80.1 Å². The number of rotatable bonds is 6. The van der Waals surface area contributed by atoms with Gasteiger partial charge in [-0.15, -0.1) is 6.42 Å². The number of piperazine rings is 1. The Morgan fingerprint density at radius 3 is 2.59 bits per heavy atom. The van der Waals surface area contributed by atoms with Crippen LogP contribution in [0.4, 0.5) is 0 Å². The van der Waals surface area contributed by atoms with Gasteiger partial charge in [0.25, 0.3) is 15.9 Å². The van der Waals surface area contributed by atoms with Gasteiger partial charge in [-0.1, -0.05) is 5.92 Å². The van der Waals surface area contributed by atoms with Crippen molar-refractivity contribution in [2.75, 3.05) is 45.9 Å². The van der Waals surface area contributed by atoms with Crippen molar-refractivity contribution >= 4 is 32.7 Å². The van der Waals surface area contributed by atoms with Gasteiger partial charge < -0.3 is 24.7 Å². The molecule has 0 bridgehead atoms. The first-order valence-corrected chi connectivity index (χ1v) is 15.5. The molecule has 0 saturated carbocycles. The zero-order chi connectivity index (χ0) is 30.8. The third-order valence-electron chi connectivity index (χ3n) is 7.82. The maximum absolute atomic E-state index is 13.8. The molecule has 1 aromatic carbocycles. The van der Waals surface area contributed by atoms with E-state index < -0.39 is 22.0 Å². The van der Waals surface area contributed by atoms with E-state index in [1.54, 1.807) is 41.3 Å². The molecule has 14 heteroatoms. The number of sulfonamides is 1. The number of hydrogen-bond donors (Lipinski definition) is 1. The Hall–Kier alpha value is -4.84. The predicted molar refractivity (Wildman–Crippen MR) is 158 cm³/mol. The average Bonchev–Trinajstić information content (AvgIpc) is 3.50. The molecular formula is C30H29N7O6S. The molecule has 4 aromatic rings. The summed E-state index contributed by atoms with van der Waals surface area (Å²) in [5.74, 6) is 1.68. The molecule has 2 saturated heterocycles. The molecule has 13 nitrogen and oxygen atoms in total. The molecule has 0 spiro atoms. The smallest absolute Gasteiger partial charge is 0.292 e. The maximum atomic E-state index is 13.8. The molecule has 2 amide bonds. The van der Waals surface area contributed by atoms with Crippen molar-refractivity contribution in [3.63, 3.8) is 0 Å². The number of terminal acetylenes is 1. The number of nitrogens with one attached hydrogen (secondary N) is 1. The highest BCUT2D eigenvalue weighted by Gasteiger charge is 2.39. The van der Waals surface area contributed by atoms with Gasteiger partial charge in [-0.2, -0.15) is 9.04 Å². The van der Waals surface area contributed by atoms with Crippen LogP contribution >= 0.6 is 0 Å². The fourth-order valence-electron chi connectivity index (χ4n) is 5.46. The summed E-state index contributed by atoms with van der Waals surface area (Å²) in [5, 5.41) is 12.8. The lowest BCUT2D eigenvalue weighted by molar-refractivity contribution is -0.593. The number of aromatic nitrogens is 4. The van der Waals surface area contributed by atoms with Crippen LogP contribution in [0.15, 0.2) is 66.1 Å². The summed E-state index contributed by atoms with van der Waals surface area (Å²) in [4.78, 5) is 41.5. The van der Waals surface area contributed by atoms with E-state index in [0.29, 0.717) is 58.8 Å². The lowest BCUT2D eigenvalue weighted by Crippen LogP contribution is -2.58. The molecule has 3 aromatic heterocycles. The summed E-state index contributed by atoms with van der Waals surface area (Å²) in [7, 11) is -4.01. The van der Waals surface area contributed by atoms with E-state index in [1.807, 2.05) is 0 Å². The summed E-state index contributed by atoms with van der Waals surface area (Å²) in [5.41, 5.74) is 2.00. The summed E-state index contributed by atoms with van der Waals surface area (Å²) in [6, 6.07) is 10.8. The molecule has 5 heterocycles. The number of morpholine rings is 1. The fraction of sp³-hybridized carbons (Fsp3) is 0.300. The van der Waals surface area contributed by atoms with Crippen LogP contribution in [0.2, 0.25) is 0 Å². The van der Waals surface area contributed by atoms with Gasteiger partial charge >= 0.3 is 0 Å². The molecule has 1 atom stereocenters. The Kier molecular flexibility index (Phi) is 8.00. The predicted octanol–water partition coefficient (Wildman–Crippen LogP) is 1.00. The van der Waals surface area contributed by atoms with Crippen LogP contribution in [-0.2, 0) is 19.6 Å². The minimum Gasteiger partial charge on any atom is -0.618 e. The van der Waals surface area contributed by atoms with E-state index >= 15 is 0 Å². The van der Waals surface area contributed by atoms with Crippen molar-refractivity contribution in [1.82, 2.24) is 29.1 Å². The molecule has 2 aliphatic heterocycles. The standard InChI is InChI=1S/C30H29N7O6S/c1-2-21-6-7-25-22(15-21)16-27(33-25)44(41,42)35-9-10-36(24(20-35)17-28(38)34-11-13-43-14-12-34)30(39)29-31-18-23(19-32-29)26-5-3-4-8-37(26)40/h1,3-8,15-16,18-19,24,33H,9-14,17,20H2. The minimum atomic E-state index is -4.01. The Morgan fingerprint density at radius 1 is 1.09 bits per heavy atom. The number of pyridine rings is 1. The molecule has 1 unspecified atom stereocenters. The monoisotopic (exact) mass is 615 g/mol. The molecule has 44 heavy (non-hydrogen) atoms. The number of ether oxygens (including phenoxy) is 1. The highest BCUT2D eigenvalue weighted by Crippen LogP contribution is 2.26. The maximum Gasteiger partial charge on any atom is 0.292 e. The average molecular weight is 616 g/mol. The van der Waals surface area contributed by atoms with Gasteiger partial charge in [-0.3, -0.25) is 9.59 Å². The van der Waals surface area contributed by atoms with Gasteiger partial charge in [0.1, 0.15) is 5.03 Å². The van der Waals surface area contributed by atoms with Crippen LogP contribution in [0.3, 0.4) is 0 Å². The molecule has 2 aliphatic rings. The van der Waals surface area contributed by atoms with Crippen molar-refractivity contribution in [1.29, 1.82) is 0 Å². The number of carbonyl (C=O) groups is 2. The van der Waals surface area contributed by atoms with Crippen molar-refractivity contribution in [2.24, 2.45) is 0 Å². The first kappa shape index (κ1) is 29.2. The van der Waals surface area contributed by atoms with E-state index in [4.69, 9.17) is 11.2 Å². The van der Waals surface area contributed by atoms with Crippen LogP contribution in [0.25, 0.3) is 22.2 Å². The van der Waals surface area contributed by atoms with Crippen molar-refractivity contribution < 1.29 is 27.5 Å². The largest absolute Gasteiger partial charge is 0.618 e.